The Morgan fingerprint density at radius 1 is 1.43 bits per heavy atom. The van der Waals surface area contributed by atoms with E-state index in [1.54, 1.807) is 7.11 Å². The molecule has 0 aromatic heterocycles. The molecule has 0 unspecified atom stereocenters. The van der Waals surface area contributed by atoms with Crippen molar-refractivity contribution in [1.82, 2.24) is 0 Å². The van der Waals surface area contributed by atoms with Gasteiger partial charge in [-0.3, -0.25) is 10.3 Å². The van der Waals surface area contributed by atoms with Crippen LogP contribution >= 0.6 is 0 Å². The Morgan fingerprint density at radius 2 is 2.07 bits per heavy atom. The molecule has 76 valence electrons. The lowest BCUT2D eigenvalue weighted by molar-refractivity contribution is -0.0979. The van der Waals surface area contributed by atoms with Gasteiger partial charge in [-0.1, -0.05) is 24.3 Å². The number of allylic oxidation sites excluding steroid dienone is 1. The normalized spacial score (nSPS) is 8.43. The average Bonchev–Trinajstić information content (AvgIpc) is 2.22. The summed E-state index contributed by atoms with van der Waals surface area (Å²) < 4.78 is 0. The fraction of sp³-hybridized carbons (Fsp3) is 0.182. The van der Waals surface area contributed by atoms with E-state index in [1.807, 2.05) is 38.0 Å². The molecule has 1 N–H and O–H groups in total. The maximum Gasteiger partial charge on any atom is 0.106 e. The second-order valence-corrected chi connectivity index (χ2v) is 2.67. The van der Waals surface area contributed by atoms with Crippen molar-refractivity contribution >= 4 is 18.0 Å². The second-order valence-electron chi connectivity index (χ2n) is 2.67. The molecule has 0 saturated heterocycles. The molecule has 3 heteroatoms. The van der Waals surface area contributed by atoms with Crippen molar-refractivity contribution in [2.24, 2.45) is 0 Å². The number of nitrogens with one attached hydrogen (secondary N) is 1. The van der Waals surface area contributed by atoms with Crippen molar-refractivity contribution in [1.29, 1.82) is 0 Å². The summed E-state index contributed by atoms with van der Waals surface area (Å²) in [6.07, 6.45) is 0. The van der Waals surface area contributed by atoms with Crippen LogP contribution in [0.5, 0.6) is 0 Å². The van der Waals surface area contributed by atoms with Gasteiger partial charge in [-0.15, -0.1) is 0 Å². The Morgan fingerprint density at radius 3 is 2.57 bits per heavy atom. The molecular weight excluding hydrogens is 178 g/mol. The Kier molecular flexibility index (Phi) is 6.07. The minimum atomic E-state index is 0.943. The number of hydrogen-bond acceptors (Lipinski definition) is 3. The lowest BCUT2D eigenvalue weighted by Crippen LogP contribution is -1.95. The third-order valence-corrected chi connectivity index (χ3v) is 1.58. The molecular formula is C11H15NO2. The number of anilines is 1. The molecule has 0 aliphatic rings. The molecule has 3 nitrogen and oxygen atoms in total. The minimum Gasteiger partial charge on any atom is -0.307 e. The first-order valence-corrected chi connectivity index (χ1v) is 4.08. The minimum absolute atomic E-state index is 0.943. The molecule has 0 spiro atoms. The van der Waals surface area contributed by atoms with Gasteiger partial charge in [0, 0.05) is 0 Å². The van der Waals surface area contributed by atoms with E-state index in [0.29, 0.717) is 0 Å². The molecule has 0 radical (unpaired) electrons. The summed E-state index contributed by atoms with van der Waals surface area (Å²) in [6, 6.07) is 7.91. The van der Waals surface area contributed by atoms with Crippen LogP contribution in [-0.4, -0.2) is 13.9 Å². The van der Waals surface area contributed by atoms with Crippen LogP contribution < -0.4 is 5.48 Å². The molecule has 1 aromatic rings. The zero-order chi connectivity index (χ0) is 11.0. The van der Waals surface area contributed by atoms with Crippen molar-refractivity contribution in [2.75, 3.05) is 12.6 Å². The van der Waals surface area contributed by atoms with Gasteiger partial charge in [0.05, 0.1) is 12.8 Å². The van der Waals surface area contributed by atoms with Crippen LogP contribution in [0, 0.1) is 0 Å². The number of carbonyl (C=O) groups is 1. The number of hydrogen-bond donors (Lipinski definition) is 1. The van der Waals surface area contributed by atoms with Gasteiger partial charge in [0.15, 0.2) is 0 Å². The van der Waals surface area contributed by atoms with Crippen LogP contribution in [-0.2, 0) is 9.63 Å². The first kappa shape index (κ1) is 12.4. The Bertz CT molecular complexity index is 297. The zero-order valence-corrected chi connectivity index (χ0v) is 8.54. The maximum atomic E-state index is 8.00. The van der Waals surface area contributed by atoms with Crippen LogP contribution in [0.25, 0.3) is 5.57 Å². The molecule has 0 fully saturated rings. The monoisotopic (exact) mass is 193 g/mol. The Hall–Kier alpha value is -1.61. The van der Waals surface area contributed by atoms with Gasteiger partial charge in [0.25, 0.3) is 0 Å². The fourth-order valence-corrected chi connectivity index (χ4v) is 0.966. The van der Waals surface area contributed by atoms with Crippen LogP contribution in [0.1, 0.15) is 12.5 Å². The predicted octanol–water partition coefficient (Wildman–Crippen LogP) is 2.51. The quantitative estimate of drug-likeness (QED) is 0.749. The van der Waals surface area contributed by atoms with E-state index >= 15 is 0 Å². The predicted molar refractivity (Wildman–Crippen MR) is 58.9 cm³/mol. The van der Waals surface area contributed by atoms with E-state index < -0.39 is 0 Å². The average molecular weight is 193 g/mol. The van der Waals surface area contributed by atoms with Gasteiger partial charge in [0.2, 0.25) is 0 Å². The van der Waals surface area contributed by atoms with E-state index in [0.717, 1.165) is 16.8 Å². The van der Waals surface area contributed by atoms with Crippen molar-refractivity contribution in [3.63, 3.8) is 0 Å². The highest BCUT2D eigenvalue weighted by Crippen LogP contribution is 2.16. The second kappa shape index (κ2) is 6.86. The van der Waals surface area contributed by atoms with E-state index in [9.17, 15) is 0 Å². The molecule has 14 heavy (non-hydrogen) atoms. The number of carbonyl (C=O) groups excluding carboxylic acids is 1. The van der Waals surface area contributed by atoms with Gasteiger partial charge in [-0.2, -0.15) is 0 Å². The van der Waals surface area contributed by atoms with Gasteiger partial charge < -0.3 is 4.79 Å². The first-order chi connectivity index (χ1) is 6.74. The highest BCUT2D eigenvalue weighted by molar-refractivity contribution is 5.65. The van der Waals surface area contributed by atoms with Crippen molar-refractivity contribution in [3.8, 4) is 0 Å². The van der Waals surface area contributed by atoms with Crippen molar-refractivity contribution in [3.05, 3.63) is 36.4 Å². The number of rotatable bonds is 3. The van der Waals surface area contributed by atoms with Crippen LogP contribution in [0.2, 0.25) is 0 Å². The molecule has 0 amide bonds. The van der Waals surface area contributed by atoms with E-state index in [4.69, 9.17) is 9.63 Å². The summed E-state index contributed by atoms with van der Waals surface area (Å²) in [7, 11) is 1.59. The molecule has 0 bridgehead atoms. The van der Waals surface area contributed by atoms with E-state index in [-0.39, 0.29) is 0 Å². The van der Waals surface area contributed by atoms with Gasteiger partial charge >= 0.3 is 0 Å². The molecule has 0 aliphatic heterocycles. The van der Waals surface area contributed by atoms with Gasteiger partial charge in [-0.25, -0.2) is 0 Å². The number of benzene rings is 1. The van der Waals surface area contributed by atoms with Gasteiger partial charge in [0.1, 0.15) is 6.79 Å². The van der Waals surface area contributed by atoms with Gasteiger partial charge in [-0.05, 0) is 24.6 Å². The summed E-state index contributed by atoms with van der Waals surface area (Å²) in [5.41, 5.74) is 5.88. The van der Waals surface area contributed by atoms with Crippen molar-refractivity contribution < 1.29 is 9.63 Å². The molecule has 0 aliphatic carbocycles. The Balaban J connectivity index is 0.000000791. The van der Waals surface area contributed by atoms with Crippen LogP contribution in [0.4, 0.5) is 5.69 Å². The standard InChI is InChI=1S/C10H13NO.CH2O/c1-8(2)9-5-4-6-10(7-9)11-12-3;1-2/h4-7,11H,1H2,2-3H3;1H2. The SMILES string of the molecule is C=C(C)c1cccc(NOC)c1.C=O. The molecule has 1 rings (SSSR count). The third-order valence-electron chi connectivity index (χ3n) is 1.58. The summed E-state index contributed by atoms with van der Waals surface area (Å²) in [5.74, 6) is 0. The molecule has 1 aromatic carbocycles. The van der Waals surface area contributed by atoms with Crippen LogP contribution in [0.15, 0.2) is 30.8 Å². The highest BCUT2D eigenvalue weighted by Gasteiger charge is 1.94. The summed E-state index contributed by atoms with van der Waals surface area (Å²) >= 11 is 0. The topological polar surface area (TPSA) is 38.3 Å². The molecule has 0 heterocycles. The third kappa shape index (κ3) is 3.87. The largest absolute Gasteiger partial charge is 0.307 e. The fourth-order valence-electron chi connectivity index (χ4n) is 0.966. The summed E-state index contributed by atoms with van der Waals surface area (Å²) in [4.78, 5) is 12.8. The molecule has 0 saturated carbocycles. The first-order valence-electron chi connectivity index (χ1n) is 4.08. The highest BCUT2D eigenvalue weighted by atomic mass is 16.6. The lowest BCUT2D eigenvalue weighted by Gasteiger charge is -2.04. The molecule has 0 atom stereocenters. The van der Waals surface area contributed by atoms with E-state index in [2.05, 4.69) is 12.1 Å². The summed E-state index contributed by atoms with van der Waals surface area (Å²) in [5, 5.41) is 0. The smallest absolute Gasteiger partial charge is 0.106 e. The zero-order valence-electron chi connectivity index (χ0n) is 8.54. The lowest BCUT2D eigenvalue weighted by atomic mass is 10.1. The van der Waals surface area contributed by atoms with Crippen molar-refractivity contribution in [2.45, 2.75) is 6.92 Å². The van der Waals surface area contributed by atoms with Crippen LogP contribution in [0.3, 0.4) is 0 Å². The van der Waals surface area contributed by atoms with E-state index in [1.165, 1.54) is 0 Å². The Labute approximate surface area is 84.4 Å². The maximum absolute atomic E-state index is 8.00. The summed E-state index contributed by atoms with van der Waals surface area (Å²) in [6.45, 7) is 7.84.